The maximum absolute atomic E-state index is 12.9. The van der Waals surface area contributed by atoms with Crippen LogP contribution in [0.4, 0.5) is 14.9 Å². The van der Waals surface area contributed by atoms with Crippen LogP contribution in [-0.2, 0) is 16.1 Å². The van der Waals surface area contributed by atoms with E-state index in [1.54, 1.807) is 24.4 Å². The molecule has 0 bridgehead atoms. The number of nitrogens with zero attached hydrogens (tertiary/aromatic N) is 1. The number of anilines is 1. The van der Waals surface area contributed by atoms with E-state index in [-0.39, 0.29) is 18.9 Å². The molecule has 3 atom stereocenters. The van der Waals surface area contributed by atoms with Crippen molar-refractivity contribution in [2.24, 2.45) is 0 Å². The molecule has 1 aliphatic heterocycles. The summed E-state index contributed by atoms with van der Waals surface area (Å²) in [7, 11) is 0. The molecule has 0 saturated heterocycles. The standard InChI is InChI=1S/C21H23FN4O4/c22-14-4-6-15(7-5-14)25-21(29)26-18-9-8-17(30-19(18)13-27)11-20(28)24-12-16-3-1-2-10-23-16/h1-10,17-19,27H,11-13H2,(H,24,28)(H2,25,26,29)/t17-,18+,19-/m1/s1. The Labute approximate surface area is 173 Å². The highest BCUT2D eigenvalue weighted by molar-refractivity contribution is 5.89. The molecule has 3 rings (SSSR count). The van der Waals surface area contributed by atoms with E-state index in [0.29, 0.717) is 12.2 Å². The Morgan fingerprint density at radius 3 is 2.63 bits per heavy atom. The van der Waals surface area contributed by atoms with Crippen LogP contribution >= 0.6 is 0 Å². The lowest BCUT2D eigenvalue weighted by atomic mass is 10.0. The third kappa shape index (κ3) is 6.36. The van der Waals surface area contributed by atoms with E-state index in [9.17, 15) is 19.1 Å². The van der Waals surface area contributed by atoms with Crippen LogP contribution in [0.3, 0.4) is 0 Å². The highest BCUT2D eigenvalue weighted by Gasteiger charge is 2.29. The van der Waals surface area contributed by atoms with Crippen molar-refractivity contribution >= 4 is 17.6 Å². The minimum absolute atomic E-state index is 0.0777. The molecular weight excluding hydrogens is 391 g/mol. The Morgan fingerprint density at radius 2 is 1.93 bits per heavy atom. The molecule has 0 spiro atoms. The summed E-state index contributed by atoms with van der Waals surface area (Å²) in [5.74, 6) is -0.618. The van der Waals surface area contributed by atoms with Gasteiger partial charge in [-0.1, -0.05) is 18.2 Å². The summed E-state index contributed by atoms with van der Waals surface area (Å²) in [6, 6.07) is 9.69. The summed E-state index contributed by atoms with van der Waals surface area (Å²) < 4.78 is 18.7. The molecule has 1 aromatic carbocycles. The summed E-state index contributed by atoms with van der Waals surface area (Å²) in [6.07, 6.45) is 3.86. The zero-order chi connectivity index (χ0) is 21.3. The maximum atomic E-state index is 12.9. The molecular formula is C21H23FN4O4. The van der Waals surface area contributed by atoms with E-state index < -0.39 is 30.1 Å². The van der Waals surface area contributed by atoms with Gasteiger partial charge in [-0.3, -0.25) is 9.78 Å². The Hall–Kier alpha value is -3.30. The smallest absolute Gasteiger partial charge is 0.319 e. The fraction of sp³-hybridized carbons (Fsp3) is 0.286. The van der Waals surface area contributed by atoms with E-state index in [1.165, 1.54) is 24.3 Å². The number of aliphatic hydroxyl groups excluding tert-OH is 1. The molecule has 30 heavy (non-hydrogen) atoms. The van der Waals surface area contributed by atoms with Gasteiger partial charge in [-0.25, -0.2) is 9.18 Å². The van der Waals surface area contributed by atoms with Crippen LogP contribution in [0.2, 0.25) is 0 Å². The van der Waals surface area contributed by atoms with E-state index in [4.69, 9.17) is 4.74 Å². The van der Waals surface area contributed by atoms with Crippen molar-refractivity contribution < 1.29 is 23.8 Å². The number of aliphatic hydroxyl groups is 1. The van der Waals surface area contributed by atoms with Gasteiger partial charge in [0.2, 0.25) is 5.91 Å². The van der Waals surface area contributed by atoms with Crippen molar-refractivity contribution in [1.29, 1.82) is 0 Å². The number of urea groups is 1. The van der Waals surface area contributed by atoms with Gasteiger partial charge in [0.25, 0.3) is 0 Å². The minimum atomic E-state index is -0.706. The fourth-order valence-electron chi connectivity index (χ4n) is 2.93. The Balaban J connectivity index is 1.48. The van der Waals surface area contributed by atoms with Gasteiger partial charge in [0.1, 0.15) is 11.9 Å². The summed E-state index contributed by atoms with van der Waals surface area (Å²) in [5, 5.41) is 17.6. The monoisotopic (exact) mass is 414 g/mol. The number of rotatable bonds is 7. The Bertz CT molecular complexity index is 876. The number of carbonyl (C=O) groups is 2. The maximum Gasteiger partial charge on any atom is 0.319 e. The number of halogens is 1. The number of hydrogen-bond acceptors (Lipinski definition) is 5. The summed E-state index contributed by atoms with van der Waals surface area (Å²) in [6.45, 7) is -0.0227. The number of carbonyl (C=O) groups excluding carboxylic acids is 2. The van der Waals surface area contributed by atoms with Gasteiger partial charge in [-0.2, -0.15) is 0 Å². The molecule has 3 amide bonds. The SMILES string of the molecule is O=C(C[C@H]1C=C[C@H](NC(=O)Nc2ccc(F)cc2)[C@@H](CO)O1)NCc1ccccn1. The highest BCUT2D eigenvalue weighted by Crippen LogP contribution is 2.16. The second-order valence-electron chi connectivity index (χ2n) is 6.71. The van der Waals surface area contributed by atoms with Crippen LogP contribution in [-0.4, -0.2) is 46.9 Å². The van der Waals surface area contributed by atoms with Crippen molar-refractivity contribution in [3.63, 3.8) is 0 Å². The van der Waals surface area contributed by atoms with E-state index in [2.05, 4.69) is 20.9 Å². The van der Waals surface area contributed by atoms with Gasteiger partial charge >= 0.3 is 6.03 Å². The average molecular weight is 414 g/mol. The van der Waals surface area contributed by atoms with Crippen molar-refractivity contribution in [3.05, 3.63) is 72.3 Å². The molecule has 2 heterocycles. The molecule has 0 aliphatic carbocycles. The number of aromatic nitrogens is 1. The van der Waals surface area contributed by atoms with E-state index in [1.807, 2.05) is 12.1 Å². The Morgan fingerprint density at radius 1 is 1.13 bits per heavy atom. The van der Waals surface area contributed by atoms with Crippen LogP contribution in [0.5, 0.6) is 0 Å². The van der Waals surface area contributed by atoms with Crippen LogP contribution in [0, 0.1) is 5.82 Å². The lowest BCUT2D eigenvalue weighted by molar-refractivity contribution is -0.125. The first-order chi connectivity index (χ1) is 14.5. The first-order valence-corrected chi connectivity index (χ1v) is 9.48. The number of amides is 3. The predicted octanol–water partition coefficient (Wildman–Crippen LogP) is 1.73. The summed E-state index contributed by atoms with van der Waals surface area (Å²) in [4.78, 5) is 28.4. The summed E-state index contributed by atoms with van der Waals surface area (Å²) in [5.41, 5.74) is 1.17. The van der Waals surface area contributed by atoms with Crippen LogP contribution in [0.15, 0.2) is 60.8 Å². The molecule has 0 unspecified atom stereocenters. The largest absolute Gasteiger partial charge is 0.394 e. The third-order valence-electron chi connectivity index (χ3n) is 4.44. The van der Waals surface area contributed by atoms with Gasteiger partial charge in [-0.15, -0.1) is 0 Å². The van der Waals surface area contributed by atoms with Gasteiger partial charge in [0, 0.05) is 11.9 Å². The lowest BCUT2D eigenvalue weighted by Crippen LogP contribution is -2.50. The minimum Gasteiger partial charge on any atom is -0.394 e. The second-order valence-corrected chi connectivity index (χ2v) is 6.71. The van der Waals surface area contributed by atoms with Crippen molar-refractivity contribution in [2.45, 2.75) is 31.2 Å². The molecule has 0 fully saturated rings. The number of hydrogen-bond donors (Lipinski definition) is 4. The molecule has 9 heteroatoms. The molecule has 1 aliphatic rings. The van der Waals surface area contributed by atoms with Gasteiger partial charge < -0.3 is 25.8 Å². The van der Waals surface area contributed by atoms with Gasteiger partial charge in [0.05, 0.1) is 37.4 Å². The second kappa shape index (κ2) is 10.5. The molecule has 0 saturated carbocycles. The van der Waals surface area contributed by atoms with Crippen molar-refractivity contribution in [2.75, 3.05) is 11.9 Å². The topological polar surface area (TPSA) is 113 Å². The molecule has 4 N–H and O–H groups in total. The first kappa shape index (κ1) is 21.4. The number of benzene rings is 1. The molecule has 0 radical (unpaired) electrons. The highest BCUT2D eigenvalue weighted by atomic mass is 19.1. The number of pyridine rings is 1. The lowest BCUT2D eigenvalue weighted by Gasteiger charge is -2.31. The number of ether oxygens (including phenoxy) is 1. The first-order valence-electron chi connectivity index (χ1n) is 9.48. The zero-order valence-corrected chi connectivity index (χ0v) is 16.1. The Kier molecular flexibility index (Phi) is 7.47. The quantitative estimate of drug-likeness (QED) is 0.516. The van der Waals surface area contributed by atoms with Crippen LogP contribution in [0.1, 0.15) is 12.1 Å². The zero-order valence-electron chi connectivity index (χ0n) is 16.1. The van der Waals surface area contributed by atoms with E-state index >= 15 is 0 Å². The predicted molar refractivity (Wildman–Crippen MR) is 108 cm³/mol. The van der Waals surface area contributed by atoms with Crippen LogP contribution in [0.25, 0.3) is 0 Å². The van der Waals surface area contributed by atoms with Gasteiger partial charge in [0.15, 0.2) is 0 Å². The molecule has 8 nitrogen and oxygen atoms in total. The average Bonchev–Trinajstić information content (AvgIpc) is 2.75. The molecule has 2 aromatic rings. The molecule has 1 aromatic heterocycles. The van der Waals surface area contributed by atoms with Crippen LogP contribution < -0.4 is 16.0 Å². The summed E-state index contributed by atoms with van der Waals surface area (Å²) >= 11 is 0. The normalized spacial score (nSPS) is 20.4. The fourth-order valence-corrected chi connectivity index (χ4v) is 2.93. The molecule has 158 valence electrons. The van der Waals surface area contributed by atoms with Crippen molar-refractivity contribution in [1.82, 2.24) is 15.6 Å². The number of nitrogens with one attached hydrogen (secondary N) is 3. The van der Waals surface area contributed by atoms with Crippen molar-refractivity contribution in [3.8, 4) is 0 Å². The van der Waals surface area contributed by atoms with E-state index in [0.717, 1.165) is 5.69 Å². The third-order valence-corrected chi connectivity index (χ3v) is 4.44. The van der Waals surface area contributed by atoms with Gasteiger partial charge in [-0.05, 0) is 36.4 Å².